The van der Waals surface area contributed by atoms with Gasteiger partial charge in [0.2, 0.25) is 11.8 Å². The number of fused-ring (bicyclic) bond motifs is 1. The molecule has 0 radical (unpaired) electrons. The highest BCUT2D eigenvalue weighted by Gasteiger charge is 2.35. The quantitative estimate of drug-likeness (QED) is 0.913. The number of para-hydroxylation sites is 1. The first-order valence-electron chi connectivity index (χ1n) is 8.01. The molecular formula is C17H20F2N2O2. The van der Waals surface area contributed by atoms with E-state index in [4.69, 9.17) is 4.52 Å². The van der Waals surface area contributed by atoms with Crippen LogP contribution in [-0.4, -0.2) is 23.5 Å². The van der Waals surface area contributed by atoms with Crippen LogP contribution in [0.5, 0.6) is 0 Å². The lowest BCUT2D eigenvalue weighted by atomic mass is 9.84. The van der Waals surface area contributed by atoms with Gasteiger partial charge in [0.1, 0.15) is 0 Å². The van der Waals surface area contributed by atoms with Gasteiger partial charge in [-0.15, -0.1) is 0 Å². The third-order valence-electron chi connectivity index (χ3n) is 4.45. The van der Waals surface area contributed by atoms with Crippen LogP contribution in [0.3, 0.4) is 0 Å². The average Bonchev–Trinajstić information content (AvgIpc) is 2.93. The van der Waals surface area contributed by atoms with Crippen molar-refractivity contribution in [1.82, 2.24) is 10.5 Å². The molecule has 1 heterocycles. The molecule has 3 rings (SSSR count). The largest absolute Gasteiger partial charge is 0.356 e. The van der Waals surface area contributed by atoms with E-state index in [-0.39, 0.29) is 24.7 Å². The van der Waals surface area contributed by atoms with Crippen LogP contribution in [-0.2, 0) is 11.2 Å². The standard InChI is InChI=1S/C17H20F2N2O2/c18-17(19)8-5-12(6-9-17)11-16(22)20-10-7-14-13-3-1-2-4-15(13)23-21-14/h1-4,12H,5-11H2,(H,20,22). The molecule has 1 aromatic heterocycles. The van der Waals surface area contributed by atoms with Crippen molar-refractivity contribution in [2.45, 2.75) is 44.4 Å². The Hall–Kier alpha value is -1.98. The smallest absolute Gasteiger partial charge is 0.248 e. The van der Waals surface area contributed by atoms with Crippen LogP contribution in [0.4, 0.5) is 8.78 Å². The minimum absolute atomic E-state index is 0.0718. The minimum Gasteiger partial charge on any atom is -0.356 e. The van der Waals surface area contributed by atoms with E-state index >= 15 is 0 Å². The fourth-order valence-electron chi connectivity index (χ4n) is 3.08. The lowest BCUT2D eigenvalue weighted by Gasteiger charge is -2.27. The molecule has 2 aromatic rings. The van der Waals surface area contributed by atoms with Gasteiger partial charge in [-0.1, -0.05) is 17.3 Å². The number of benzene rings is 1. The molecule has 1 fully saturated rings. The molecule has 124 valence electrons. The van der Waals surface area contributed by atoms with Gasteiger partial charge in [0.25, 0.3) is 0 Å². The second-order valence-electron chi connectivity index (χ2n) is 6.23. The first-order valence-corrected chi connectivity index (χ1v) is 8.01. The second-order valence-corrected chi connectivity index (χ2v) is 6.23. The summed E-state index contributed by atoms with van der Waals surface area (Å²) in [4.78, 5) is 11.9. The highest BCUT2D eigenvalue weighted by Crippen LogP contribution is 2.37. The summed E-state index contributed by atoms with van der Waals surface area (Å²) in [5.41, 5.74) is 1.55. The van der Waals surface area contributed by atoms with Gasteiger partial charge in [0, 0.05) is 37.6 Å². The van der Waals surface area contributed by atoms with Crippen molar-refractivity contribution in [3.63, 3.8) is 0 Å². The van der Waals surface area contributed by atoms with Crippen molar-refractivity contribution in [3.05, 3.63) is 30.0 Å². The van der Waals surface area contributed by atoms with E-state index in [1.54, 1.807) is 0 Å². The van der Waals surface area contributed by atoms with E-state index in [0.717, 1.165) is 16.7 Å². The Morgan fingerprint density at radius 2 is 2.04 bits per heavy atom. The number of hydrogen-bond acceptors (Lipinski definition) is 3. The van der Waals surface area contributed by atoms with Crippen molar-refractivity contribution in [2.24, 2.45) is 5.92 Å². The van der Waals surface area contributed by atoms with Crippen LogP contribution < -0.4 is 5.32 Å². The fraction of sp³-hybridized carbons (Fsp3) is 0.529. The second kappa shape index (κ2) is 6.64. The van der Waals surface area contributed by atoms with Crippen LogP contribution in [0.25, 0.3) is 11.0 Å². The molecule has 1 aliphatic carbocycles. The van der Waals surface area contributed by atoms with E-state index in [1.165, 1.54) is 0 Å². The van der Waals surface area contributed by atoms with E-state index in [0.29, 0.717) is 32.2 Å². The third kappa shape index (κ3) is 4.06. The molecule has 6 heteroatoms. The summed E-state index contributed by atoms with van der Waals surface area (Å²) >= 11 is 0. The Bertz CT molecular complexity index is 674. The zero-order valence-electron chi connectivity index (χ0n) is 12.9. The monoisotopic (exact) mass is 322 g/mol. The van der Waals surface area contributed by atoms with Crippen LogP contribution in [0, 0.1) is 5.92 Å². The third-order valence-corrected chi connectivity index (χ3v) is 4.45. The molecule has 0 unspecified atom stereocenters. The van der Waals surface area contributed by atoms with Gasteiger partial charge >= 0.3 is 0 Å². The first kappa shape index (κ1) is 15.9. The average molecular weight is 322 g/mol. The Kier molecular flexibility index (Phi) is 4.59. The summed E-state index contributed by atoms with van der Waals surface area (Å²) in [6, 6.07) is 7.59. The number of rotatable bonds is 5. The molecule has 0 aliphatic heterocycles. The summed E-state index contributed by atoms with van der Waals surface area (Å²) in [6.45, 7) is 0.470. The molecule has 0 spiro atoms. The maximum absolute atomic E-state index is 13.1. The maximum Gasteiger partial charge on any atom is 0.248 e. The lowest BCUT2D eigenvalue weighted by molar-refractivity contribution is -0.123. The summed E-state index contributed by atoms with van der Waals surface area (Å²) in [7, 11) is 0. The number of carbonyl (C=O) groups is 1. The normalized spacial score (nSPS) is 18.2. The van der Waals surface area contributed by atoms with Gasteiger partial charge < -0.3 is 9.84 Å². The maximum atomic E-state index is 13.1. The van der Waals surface area contributed by atoms with Crippen molar-refractivity contribution >= 4 is 16.9 Å². The number of alkyl halides is 2. The molecule has 0 saturated heterocycles. The molecule has 0 atom stereocenters. The van der Waals surface area contributed by atoms with Crippen molar-refractivity contribution in [3.8, 4) is 0 Å². The van der Waals surface area contributed by atoms with Gasteiger partial charge in [-0.2, -0.15) is 0 Å². The Morgan fingerprint density at radius 3 is 2.83 bits per heavy atom. The molecule has 1 N–H and O–H groups in total. The number of nitrogens with one attached hydrogen (secondary N) is 1. The van der Waals surface area contributed by atoms with Crippen molar-refractivity contribution in [1.29, 1.82) is 0 Å². The Balaban J connectivity index is 1.43. The predicted octanol–water partition coefficient (Wildman–Crippen LogP) is 3.70. The molecule has 1 aromatic carbocycles. The molecule has 1 amide bonds. The summed E-state index contributed by atoms with van der Waals surface area (Å²) in [5, 5.41) is 7.81. The molecule has 23 heavy (non-hydrogen) atoms. The van der Waals surface area contributed by atoms with Gasteiger partial charge in [0.15, 0.2) is 5.58 Å². The summed E-state index contributed by atoms with van der Waals surface area (Å²) in [6.07, 6.45) is 1.57. The molecular weight excluding hydrogens is 302 g/mol. The number of halogens is 2. The number of carbonyl (C=O) groups excluding carboxylic acids is 1. The molecule has 1 aliphatic rings. The Morgan fingerprint density at radius 1 is 1.30 bits per heavy atom. The minimum atomic E-state index is -2.54. The van der Waals surface area contributed by atoms with Crippen LogP contribution in [0.1, 0.15) is 37.8 Å². The highest BCUT2D eigenvalue weighted by atomic mass is 19.3. The van der Waals surface area contributed by atoms with Gasteiger partial charge in [-0.25, -0.2) is 8.78 Å². The van der Waals surface area contributed by atoms with Crippen molar-refractivity contribution in [2.75, 3.05) is 6.54 Å². The number of nitrogens with zero attached hydrogens (tertiary/aromatic N) is 1. The topological polar surface area (TPSA) is 55.1 Å². The molecule has 1 saturated carbocycles. The molecule has 0 bridgehead atoms. The van der Waals surface area contributed by atoms with Crippen LogP contribution in [0.2, 0.25) is 0 Å². The fourth-order valence-corrected chi connectivity index (χ4v) is 3.08. The summed E-state index contributed by atoms with van der Waals surface area (Å²) in [5.74, 6) is -2.54. The number of amides is 1. The van der Waals surface area contributed by atoms with Gasteiger partial charge in [0.05, 0.1) is 5.69 Å². The Labute approximate surface area is 133 Å². The molecule has 4 nitrogen and oxygen atoms in total. The zero-order chi connectivity index (χ0) is 16.3. The number of hydrogen-bond donors (Lipinski definition) is 1. The lowest BCUT2D eigenvalue weighted by Crippen LogP contribution is -2.31. The van der Waals surface area contributed by atoms with Crippen LogP contribution >= 0.6 is 0 Å². The van der Waals surface area contributed by atoms with E-state index < -0.39 is 5.92 Å². The van der Waals surface area contributed by atoms with Crippen LogP contribution in [0.15, 0.2) is 28.8 Å². The number of aromatic nitrogens is 1. The van der Waals surface area contributed by atoms with Gasteiger partial charge in [-0.05, 0) is 30.9 Å². The highest BCUT2D eigenvalue weighted by molar-refractivity contribution is 5.79. The van der Waals surface area contributed by atoms with E-state index in [2.05, 4.69) is 10.5 Å². The predicted molar refractivity (Wildman–Crippen MR) is 82.2 cm³/mol. The van der Waals surface area contributed by atoms with Crippen molar-refractivity contribution < 1.29 is 18.1 Å². The SMILES string of the molecule is O=C(CC1CCC(F)(F)CC1)NCCc1noc2ccccc12. The van der Waals surface area contributed by atoms with Gasteiger partial charge in [-0.3, -0.25) is 4.79 Å². The first-order chi connectivity index (χ1) is 11.0. The summed E-state index contributed by atoms with van der Waals surface area (Å²) < 4.78 is 31.4. The van der Waals surface area contributed by atoms with E-state index in [9.17, 15) is 13.6 Å². The van der Waals surface area contributed by atoms with E-state index in [1.807, 2.05) is 24.3 Å². The zero-order valence-corrected chi connectivity index (χ0v) is 12.9.